The molecule has 0 aliphatic carbocycles. The van der Waals surface area contributed by atoms with Gasteiger partial charge in [-0.25, -0.2) is 12.7 Å². The van der Waals surface area contributed by atoms with E-state index in [-0.39, 0.29) is 42.6 Å². The Morgan fingerprint density at radius 2 is 1.71 bits per heavy atom. The van der Waals surface area contributed by atoms with E-state index in [4.69, 9.17) is 27.9 Å². The number of nitrogens with zero attached hydrogens (tertiary/aromatic N) is 1. The molecule has 1 spiro atoms. The van der Waals surface area contributed by atoms with Crippen molar-refractivity contribution in [1.29, 1.82) is 0 Å². The number of allylic oxidation sites excluding steroid dienone is 2. The van der Waals surface area contributed by atoms with Gasteiger partial charge >= 0.3 is 0 Å². The Morgan fingerprint density at radius 1 is 0.952 bits per heavy atom. The van der Waals surface area contributed by atoms with Crippen LogP contribution in [0.5, 0.6) is 0 Å². The third kappa shape index (κ3) is 7.37. The standard InChI is InChI=1S/C31H37Cl2N3O5S/c32-25-10-9-23(18-26(25)33)21-42(39,40)36-15-11-27-24(20-36)8-4-5-12-31(13-16-41-17-14-31)30(38)35-28(29(37)34-27)19-22-6-2-1-3-7-22/h1-7,9-10,18,24,27-28H,8,11-17,19-21H2,(H,34,37)(H,35,38)/b5-4+/t24-,27+,28-/m1/s1. The molecule has 0 radical (unpaired) electrons. The predicted molar refractivity (Wildman–Crippen MR) is 164 cm³/mol. The van der Waals surface area contributed by atoms with Crippen molar-refractivity contribution < 1.29 is 22.7 Å². The molecule has 0 saturated carbocycles. The molecular weight excluding hydrogens is 597 g/mol. The number of rotatable bonds is 5. The molecule has 11 heteroatoms. The first-order chi connectivity index (χ1) is 20.1. The summed E-state index contributed by atoms with van der Waals surface area (Å²) in [5.41, 5.74) is 0.870. The summed E-state index contributed by atoms with van der Waals surface area (Å²) in [7, 11) is -3.64. The molecule has 2 saturated heterocycles. The van der Waals surface area contributed by atoms with E-state index in [1.807, 2.05) is 42.5 Å². The molecule has 3 heterocycles. The zero-order valence-electron chi connectivity index (χ0n) is 23.4. The molecule has 2 fully saturated rings. The molecule has 2 aromatic rings. The summed E-state index contributed by atoms with van der Waals surface area (Å²) in [5, 5.41) is 6.97. The van der Waals surface area contributed by atoms with Gasteiger partial charge in [-0.1, -0.05) is 71.8 Å². The number of ether oxygens (including phenoxy) is 1. The molecule has 3 aliphatic heterocycles. The maximum absolute atomic E-state index is 13.8. The van der Waals surface area contributed by atoms with E-state index in [2.05, 4.69) is 10.6 Å². The first-order valence-corrected chi connectivity index (χ1v) is 16.8. The lowest BCUT2D eigenvalue weighted by atomic mass is 9.75. The molecule has 226 valence electrons. The van der Waals surface area contributed by atoms with Crippen LogP contribution in [-0.2, 0) is 36.5 Å². The minimum atomic E-state index is -3.64. The first-order valence-electron chi connectivity index (χ1n) is 14.4. The molecule has 2 amide bonds. The van der Waals surface area contributed by atoms with Crippen LogP contribution in [0.1, 0.15) is 43.2 Å². The topological polar surface area (TPSA) is 105 Å². The summed E-state index contributed by atoms with van der Waals surface area (Å²) < 4.78 is 34.0. The highest BCUT2D eigenvalue weighted by molar-refractivity contribution is 7.88. The maximum Gasteiger partial charge on any atom is 0.243 e. The van der Waals surface area contributed by atoms with Crippen LogP contribution in [0.25, 0.3) is 0 Å². The number of fused-ring (bicyclic) bond motifs is 1. The summed E-state index contributed by atoms with van der Waals surface area (Å²) in [6.45, 7) is 1.56. The SMILES string of the molecule is O=C1N[C@H]2CCN(S(=O)(=O)Cc3ccc(Cl)c(Cl)c3)C[C@H]2C/C=C/CC2(CCOCC2)C(=O)N[C@@H]1Cc1ccccc1. The number of nitrogens with one attached hydrogen (secondary N) is 2. The van der Waals surface area contributed by atoms with E-state index in [1.54, 1.807) is 18.2 Å². The first kappa shape index (κ1) is 31.0. The molecule has 5 rings (SSSR count). The third-order valence-electron chi connectivity index (χ3n) is 8.70. The van der Waals surface area contributed by atoms with E-state index < -0.39 is 21.5 Å². The summed E-state index contributed by atoms with van der Waals surface area (Å²) in [5.74, 6) is -0.673. The van der Waals surface area contributed by atoms with Crippen molar-refractivity contribution in [1.82, 2.24) is 14.9 Å². The lowest BCUT2D eigenvalue weighted by Gasteiger charge is -2.40. The highest BCUT2D eigenvalue weighted by Crippen LogP contribution is 2.36. The van der Waals surface area contributed by atoms with Gasteiger partial charge in [-0.05, 0) is 61.3 Å². The van der Waals surface area contributed by atoms with Gasteiger partial charge in [-0.2, -0.15) is 0 Å². The lowest BCUT2D eigenvalue weighted by molar-refractivity contribution is -0.140. The summed E-state index contributed by atoms with van der Waals surface area (Å²) in [6.07, 6.45) is 7.19. The van der Waals surface area contributed by atoms with Crippen LogP contribution < -0.4 is 10.6 Å². The molecule has 0 bridgehead atoms. The van der Waals surface area contributed by atoms with Crippen molar-refractivity contribution in [3.8, 4) is 0 Å². The van der Waals surface area contributed by atoms with Gasteiger partial charge in [0.15, 0.2) is 0 Å². The van der Waals surface area contributed by atoms with Crippen molar-refractivity contribution in [2.45, 2.75) is 56.4 Å². The van der Waals surface area contributed by atoms with E-state index >= 15 is 0 Å². The van der Waals surface area contributed by atoms with Crippen LogP contribution in [0.3, 0.4) is 0 Å². The van der Waals surface area contributed by atoms with Crippen LogP contribution in [0.2, 0.25) is 10.0 Å². The molecule has 3 aliphatic rings. The second-order valence-electron chi connectivity index (χ2n) is 11.5. The summed E-state index contributed by atoms with van der Waals surface area (Å²) in [6, 6.07) is 13.5. The van der Waals surface area contributed by atoms with Crippen molar-refractivity contribution in [2.24, 2.45) is 11.3 Å². The maximum atomic E-state index is 13.8. The normalized spacial score (nSPS) is 26.3. The smallest absolute Gasteiger partial charge is 0.243 e. The molecule has 0 unspecified atom stereocenters. The van der Waals surface area contributed by atoms with Crippen LogP contribution in [0.15, 0.2) is 60.7 Å². The number of amides is 2. The molecule has 2 aromatic carbocycles. The molecular formula is C31H37Cl2N3O5S. The Hall–Kier alpha value is -2.43. The van der Waals surface area contributed by atoms with E-state index in [9.17, 15) is 18.0 Å². The van der Waals surface area contributed by atoms with Crippen LogP contribution in [0, 0.1) is 11.3 Å². The quantitative estimate of drug-likeness (QED) is 0.472. The fourth-order valence-electron chi connectivity index (χ4n) is 6.13. The average Bonchev–Trinajstić information content (AvgIpc) is 2.98. The van der Waals surface area contributed by atoms with Crippen molar-refractivity contribution in [3.63, 3.8) is 0 Å². The van der Waals surface area contributed by atoms with Crippen LogP contribution >= 0.6 is 23.2 Å². The molecule has 2 N–H and O–H groups in total. The van der Waals surface area contributed by atoms with Gasteiger partial charge in [0.25, 0.3) is 0 Å². The van der Waals surface area contributed by atoms with Gasteiger partial charge in [-0.15, -0.1) is 0 Å². The summed E-state index contributed by atoms with van der Waals surface area (Å²) >= 11 is 12.1. The Labute approximate surface area is 257 Å². The molecule has 42 heavy (non-hydrogen) atoms. The average molecular weight is 635 g/mol. The highest BCUT2D eigenvalue weighted by Gasteiger charge is 2.42. The Kier molecular flexibility index (Phi) is 9.95. The molecule has 0 aromatic heterocycles. The molecule has 8 nitrogen and oxygen atoms in total. The fraction of sp³-hybridized carbons (Fsp3) is 0.484. The summed E-state index contributed by atoms with van der Waals surface area (Å²) in [4.78, 5) is 27.5. The number of carbonyl (C=O) groups excluding carboxylic acids is 2. The zero-order chi connectivity index (χ0) is 29.7. The zero-order valence-corrected chi connectivity index (χ0v) is 25.8. The Morgan fingerprint density at radius 3 is 2.45 bits per heavy atom. The number of benzene rings is 2. The number of sulfonamides is 1. The van der Waals surface area contributed by atoms with Crippen LogP contribution in [0.4, 0.5) is 0 Å². The van der Waals surface area contributed by atoms with Gasteiger partial charge in [0, 0.05) is 38.8 Å². The third-order valence-corrected chi connectivity index (χ3v) is 11.3. The lowest BCUT2D eigenvalue weighted by Crippen LogP contribution is -2.58. The number of hydrogen-bond acceptors (Lipinski definition) is 5. The number of hydrogen-bond donors (Lipinski definition) is 2. The predicted octanol–water partition coefficient (Wildman–Crippen LogP) is 4.50. The largest absolute Gasteiger partial charge is 0.381 e. The Balaban J connectivity index is 1.38. The second kappa shape index (κ2) is 13.5. The van der Waals surface area contributed by atoms with E-state index in [0.29, 0.717) is 67.3 Å². The molecule has 3 atom stereocenters. The van der Waals surface area contributed by atoms with Gasteiger partial charge in [0.1, 0.15) is 6.04 Å². The minimum absolute atomic E-state index is 0.119. The second-order valence-corrected chi connectivity index (χ2v) is 14.3. The number of piperidine rings is 1. The van der Waals surface area contributed by atoms with Crippen molar-refractivity contribution >= 4 is 45.0 Å². The van der Waals surface area contributed by atoms with Gasteiger partial charge in [-0.3, -0.25) is 9.59 Å². The number of halogens is 2. The minimum Gasteiger partial charge on any atom is -0.381 e. The van der Waals surface area contributed by atoms with Crippen LogP contribution in [-0.4, -0.2) is 62.9 Å². The van der Waals surface area contributed by atoms with E-state index in [1.165, 1.54) is 4.31 Å². The number of carbonyl (C=O) groups is 2. The Bertz CT molecular complexity index is 1410. The van der Waals surface area contributed by atoms with Crippen molar-refractivity contribution in [2.75, 3.05) is 26.3 Å². The van der Waals surface area contributed by atoms with Gasteiger partial charge in [0.05, 0.1) is 21.2 Å². The highest BCUT2D eigenvalue weighted by atomic mass is 35.5. The van der Waals surface area contributed by atoms with Gasteiger partial charge in [0.2, 0.25) is 21.8 Å². The van der Waals surface area contributed by atoms with Crippen molar-refractivity contribution in [3.05, 3.63) is 81.9 Å². The van der Waals surface area contributed by atoms with Gasteiger partial charge < -0.3 is 15.4 Å². The monoisotopic (exact) mass is 633 g/mol. The fourth-order valence-corrected chi connectivity index (χ4v) is 8.04. The van der Waals surface area contributed by atoms with E-state index in [0.717, 1.165) is 5.56 Å².